The molecule has 0 unspecified atom stereocenters. The smallest absolute Gasteiger partial charge is 0.313 e. The lowest BCUT2D eigenvalue weighted by atomic mass is 9.88. The second kappa shape index (κ2) is 8.32. The van der Waals surface area contributed by atoms with E-state index in [1.807, 2.05) is 6.08 Å². The third kappa shape index (κ3) is 4.93. The molecule has 2 heteroatoms. The lowest BCUT2D eigenvalue weighted by Crippen LogP contribution is -2.44. The number of rotatable bonds is 10. The van der Waals surface area contributed by atoms with Crippen molar-refractivity contribution in [2.45, 2.75) is 70.8 Å². The van der Waals surface area contributed by atoms with Crippen LogP contribution in [0.3, 0.4) is 0 Å². The minimum Gasteiger partial charge on any atom is -0.461 e. The molecule has 0 radical (unpaired) electrons. The number of unbranched alkanes of at least 4 members (excludes halogenated alkanes) is 5. The van der Waals surface area contributed by atoms with Gasteiger partial charge in [0, 0.05) is 0 Å². The van der Waals surface area contributed by atoms with Crippen molar-refractivity contribution in [3.05, 3.63) is 12.7 Å². The Hall–Kier alpha value is -0.790. The molecular weight excluding hydrogens is 212 g/mol. The summed E-state index contributed by atoms with van der Waals surface area (Å²) < 4.78 is 5.15. The van der Waals surface area contributed by atoms with Gasteiger partial charge in [-0.2, -0.15) is 0 Å². The third-order valence-electron chi connectivity index (χ3n) is 3.52. The highest BCUT2D eigenvalue weighted by atomic mass is 16.6. The Balaban J connectivity index is 1.98. The van der Waals surface area contributed by atoms with Gasteiger partial charge < -0.3 is 4.74 Å². The molecule has 0 N–H and O–H groups in total. The van der Waals surface area contributed by atoms with Gasteiger partial charge in [-0.3, -0.25) is 4.79 Å². The summed E-state index contributed by atoms with van der Waals surface area (Å²) in [5.41, 5.74) is 0. The first-order valence-electron chi connectivity index (χ1n) is 7.11. The second-order valence-electron chi connectivity index (χ2n) is 5.00. The van der Waals surface area contributed by atoms with Gasteiger partial charge in [0.1, 0.15) is 6.10 Å². The van der Waals surface area contributed by atoms with Crippen molar-refractivity contribution in [2.75, 3.05) is 0 Å². The number of carbonyl (C=O) groups is 1. The van der Waals surface area contributed by atoms with Crippen LogP contribution in [0.15, 0.2) is 12.7 Å². The van der Waals surface area contributed by atoms with Crippen LogP contribution in [0.5, 0.6) is 0 Å². The van der Waals surface area contributed by atoms with E-state index in [1.165, 1.54) is 32.1 Å². The molecule has 0 spiro atoms. The van der Waals surface area contributed by atoms with Crippen molar-refractivity contribution in [1.29, 1.82) is 0 Å². The molecule has 0 aromatic rings. The highest BCUT2D eigenvalue weighted by Crippen LogP contribution is 2.30. The summed E-state index contributed by atoms with van der Waals surface area (Å²) in [6.07, 6.45) is 12.8. The zero-order valence-corrected chi connectivity index (χ0v) is 11.1. The molecule has 1 rings (SSSR count). The number of allylic oxidation sites excluding steroid dienone is 1. The first kappa shape index (κ1) is 14.3. The average Bonchev–Trinajstić information content (AvgIpc) is 2.32. The Morgan fingerprint density at radius 3 is 2.53 bits per heavy atom. The number of carbonyl (C=O) groups excluding carboxylic acids is 1. The lowest BCUT2D eigenvalue weighted by molar-refractivity contribution is -0.186. The summed E-state index contributed by atoms with van der Waals surface area (Å²) in [7, 11) is 0. The minimum atomic E-state index is 0.0371. The standard InChI is InChI=1S/C15H26O2/c1-3-5-6-7-8-9-10-12-13-14(11-4-2)17-15(13)16/h3,13-14H,1,4-12H2,2H3/t13-,14-/m0/s1. The highest BCUT2D eigenvalue weighted by Gasteiger charge is 2.40. The van der Waals surface area contributed by atoms with Crippen molar-refractivity contribution in [2.24, 2.45) is 5.92 Å². The van der Waals surface area contributed by atoms with Crippen molar-refractivity contribution in [1.82, 2.24) is 0 Å². The van der Waals surface area contributed by atoms with Crippen LogP contribution in [-0.2, 0) is 9.53 Å². The molecule has 0 amide bonds. The van der Waals surface area contributed by atoms with Gasteiger partial charge in [0.25, 0.3) is 0 Å². The van der Waals surface area contributed by atoms with Gasteiger partial charge in [-0.25, -0.2) is 0 Å². The molecule has 0 aliphatic carbocycles. The van der Waals surface area contributed by atoms with Crippen LogP contribution in [0.25, 0.3) is 0 Å². The van der Waals surface area contributed by atoms with E-state index < -0.39 is 0 Å². The molecule has 2 atom stereocenters. The molecular formula is C15H26O2. The van der Waals surface area contributed by atoms with E-state index in [-0.39, 0.29) is 18.0 Å². The van der Waals surface area contributed by atoms with E-state index in [4.69, 9.17) is 4.74 Å². The fourth-order valence-corrected chi connectivity index (χ4v) is 2.43. The van der Waals surface area contributed by atoms with Crippen LogP contribution in [-0.4, -0.2) is 12.1 Å². The van der Waals surface area contributed by atoms with Gasteiger partial charge in [-0.15, -0.1) is 6.58 Å². The maximum absolute atomic E-state index is 11.3. The van der Waals surface area contributed by atoms with E-state index in [9.17, 15) is 4.79 Å². The Labute approximate surface area is 105 Å². The fourth-order valence-electron chi connectivity index (χ4n) is 2.43. The Morgan fingerprint density at radius 2 is 1.88 bits per heavy atom. The van der Waals surface area contributed by atoms with Crippen LogP contribution in [0.2, 0.25) is 0 Å². The molecule has 98 valence electrons. The van der Waals surface area contributed by atoms with E-state index >= 15 is 0 Å². The van der Waals surface area contributed by atoms with Crippen LogP contribution in [0, 0.1) is 5.92 Å². The molecule has 1 aliphatic heterocycles. The van der Waals surface area contributed by atoms with E-state index in [0.717, 1.165) is 25.7 Å². The van der Waals surface area contributed by atoms with Crippen molar-refractivity contribution in [3.8, 4) is 0 Å². The molecule has 0 saturated carbocycles. The van der Waals surface area contributed by atoms with Gasteiger partial charge in [0.05, 0.1) is 5.92 Å². The monoisotopic (exact) mass is 238 g/mol. The molecule has 0 bridgehead atoms. The predicted molar refractivity (Wildman–Crippen MR) is 70.8 cm³/mol. The zero-order valence-electron chi connectivity index (χ0n) is 11.1. The zero-order chi connectivity index (χ0) is 12.5. The summed E-state index contributed by atoms with van der Waals surface area (Å²) in [5, 5.41) is 0. The Morgan fingerprint density at radius 1 is 1.18 bits per heavy atom. The number of hydrogen-bond donors (Lipinski definition) is 0. The van der Waals surface area contributed by atoms with Gasteiger partial charge in [-0.05, 0) is 25.7 Å². The van der Waals surface area contributed by atoms with Gasteiger partial charge >= 0.3 is 5.97 Å². The number of cyclic esters (lactones) is 1. The van der Waals surface area contributed by atoms with Crippen molar-refractivity contribution < 1.29 is 9.53 Å². The third-order valence-corrected chi connectivity index (χ3v) is 3.52. The SMILES string of the molecule is C=CCCCCCCC[C@@H]1C(=O)O[C@H]1CCC. The molecule has 0 aromatic carbocycles. The van der Waals surface area contributed by atoms with Gasteiger partial charge in [-0.1, -0.05) is 45.1 Å². The average molecular weight is 238 g/mol. The van der Waals surface area contributed by atoms with Crippen LogP contribution < -0.4 is 0 Å². The number of ether oxygens (including phenoxy) is 1. The maximum Gasteiger partial charge on any atom is 0.313 e. The minimum absolute atomic E-state index is 0.0371. The summed E-state index contributed by atoms with van der Waals surface area (Å²) in [6.45, 7) is 5.86. The number of hydrogen-bond acceptors (Lipinski definition) is 2. The van der Waals surface area contributed by atoms with Crippen LogP contribution in [0.1, 0.15) is 64.7 Å². The van der Waals surface area contributed by atoms with E-state index in [2.05, 4.69) is 13.5 Å². The predicted octanol–water partition coefficient (Wildman–Crippen LogP) is 4.24. The normalized spacial score (nSPS) is 23.0. The van der Waals surface area contributed by atoms with E-state index in [1.54, 1.807) is 0 Å². The molecule has 1 heterocycles. The van der Waals surface area contributed by atoms with Crippen LogP contribution in [0.4, 0.5) is 0 Å². The molecule has 2 nitrogen and oxygen atoms in total. The Bertz CT molecular complexity index is 235. The van der Waals surface area contributed by atoms with Gasteiger partial charge in [0.15, 0.2) is 0 Å². The van der Waals surface area contributed by atoms with Gasteiger partial charge in [0.2, 0.25) is 0 Å². The van der Waals surface area contributed by atoms with Crippen LogP contribution >= 0.6 is 0 Å². The summed E-state index contributed by atoms with van der Waals surface area (Å²) in [6, 6.07) is 0. The quantitative estimate of drug-likeness (QED) is 0.323. The lowest BCUT2D eigenvalue weighted by Gasteiger charge is -2.35. The first-order chi connectivity index (χ1) is 8.29. The summed E-state index contributed by atoms with van der Waals surface area (Å²) in [5.74, 6) is 0.248. The van der Waals surface area contributed by atoms with E-state index in [0.29, 0.717) is 0 Å². The molecule has 17 heavy (non-hydrogen) atoms. The molecule has 1 fully saturated rings. The number of esters is 1. The van der Waals surface area contributed by atoms with Crippen molar-refractivity contribution in [3.63, 3.8) is 0 Å². The Kier molecular flexibility index (Phi) is 6.99. The summed E-state index contributed by atoms with van der Waals surface area (Å²) >= 11 is 0. The molecule has 0 aromatic heterocycles. The fraction of sp³-hybridized carbons (Fsp3) is 0.800. The molecule has 1 aliphatic rings. The first-order valence-corrected chi connectivity index (χ1v) is 7.11. The summed E-state index contributed by atoms with van der Waals surface area (Å²) in [4.78, 5) is 11.3. The second-order valence-corrected chi connectivity index (χ2v) is 5.00. The maximum atomic E-state index is 11.3. The molecule has 1 saturated heterocycles. The van der Waals surface area contributed by atoms with Crippen molar-refractivity contribution >= 4 is 5.97 Å². The highest BCUT2D eigenvalue weighted by molar-refractivity contribution is 5.78. The topological polar surface area (TPSA) is 26.3 Å². The largest absolute Gasteiger partial charge is 0.461 e.